The van der Waals surface area contributed by atoms with Crippen molar-refractivity contribution in [1.82, 2.24) is 9.78 Å². The molecule has 1 atom stereocenters. The molecule has 0 spiro atoms. The van der Waals surface area contributed by atoms with Gasteiger partial charge in [-0.05, 0) is 31.9 Å². The van der Waals surface area contributed by atoms with Gasteiger partial charge in [0.1, 0.15) is 0 Å². The lowest BCUT2D eigenvalue weighted by Crippen LogP contribution is -2.15. The molecule has 1 aromatic heterocycles. The molecule has 0 fully saturated rings. The molecular formula is C18H21N3. The zero-order chi connectivity index (χ0) is 15.0. The Labute approximate surface area is 125 Å². The van der Waals surface area contributed by atoms with Crippen molar-refractivity contribution in [3.63, 3.8) is 0 Å². The Hall–Kier alpha value is -2.13. The Morgan fingerprint density at radius 3 is 2.48 bits per heavy atom. The first-order valence-corrected chi connectivity index (χ1v) is 7.29. The van der Waals surface area contributed by atoms with E-state index >= 15 is 0 Å². The van der Waals surface area contributed by atoms with E-state index in [-0.39, 0.29) is 6.04 Å². The van der Waals surface area contributed by atoms with Crippen molar-refractivity contribution in [3.05, 3.63) is 64.8 Å². The molecule has 1 heterocycles. The highest BCUT2D eigenvalue weighted by atomic mass is 15.3. The summed E-state index contributed by atoms with van der Waals surface area (Å²) in [7, 11) is 1.97. The second-order valence-corrected chi connectivity index (χ2v) is 5.83. The molecule has 3 aromatic rings. The van der Waals surface area contributed by atoms with Crippen LogP contribution in [-0.4, -0.2) is 9.78 Å². The molecule has 1 unspecified atom stereocenters. The van der Waals surface area contributed by atoms with E-state index in [4.69, 9.17) is 5.73 Å². The number of aryl methyl sites for hydroxylation is 3. The second-order valence-electron chi connectivity index (χ2n) is 5.83. The Balaban J connectivity index is 1.95. The van der Waals surface area contributed by atoms with Crippen LogP contribution in [0.3, 0.4) is 0 Å². The Morgan fingerprint density at radius 2 is 1.76 bits per heavy atom. The van der Waals surface area contributed by atoms with Crippen LogP contribution >= 0.6 is 0 Å². The number of hydrogen-bond donors (Lipinski definition) is 1. The van der Waals surface area contributed by atoms with Gasteiger partial charge in [0.05, 0.1) is 17.3 Å². The molecule has 3 heteroatoms. The Bertz CT molecular complexity index is 766. The van der Waals surface area contributed by atoms with Crippen molar-refractivity contribution >= 4 is 10.9 Å². The first-order valence-electron chi connectivity index (χ1n) is 7.29. The van der Waals surface area contributed by atoms with Crippen molar-refractivity contribution in [2.75, 3.05) is 0 Å². The third-order valence-electron chi connectivity index (χ3n) is 3.87. The standard InChI is InChI=1S/C18H21N3/c1-12-8-13(2)10-14(9-12)11-16(19)18-15-6-4-5-7-17(15)21(3)20-18/h4-10,16H,11,19H2,1-3H3. The highest BCUT2D eigenvalue weighted by Crippen LogP contribution is 2.24. The molecule has 0 aliphatic carbocycles. The predicted octanol–water partition coefficient (Wildman–Crippen LogP) is 3.43. The van der Waals surface area contributed by atoms with Gasteiger partial charge in [-0.3, -0.25) is 4.68 Å². The van der Waals surface area contributed by atoms with Gasteiger partial charge in [-0.2, -0.15) is 5.10 Å². The van der Waals surface area contributed by atoms with Crippen molar-refractivity contribution in [2.45, 2.75) is 26.3 Å². The van der Waals surface area contributed by atoms with Gasteiger partial charge in [0.25, 0.3) is 0 Å². The fraction of sp³-hybridized carbons (Fsp3) is 0.278. The van der Waals surface area contributed by atoms with E-state index in [1.54, 1.807) is 0 Å². The van der Waals surface area contributed by atoms with E-state index in [9.17, 15) is 0 Å². The number of rotatable bonds is 3. The van der Waals surface area contributed by atoms with E-state index in [0.717, 1.165) is 23.0 Å². The maximum absolute atomic E-state index is 6.43. The minimum absolute atomic E-state index is 0.0858. The number of nitrogens with two attached hydrogens (primary N) is 1. The molecule has 108 valence electrons. The molecule has 0 aliphatic rings. The lowest BCUT2D eigenvalue weighted by molar-refractivity contribution is 0.665. The van der Waals surface area contributed by atoms with Gasteiger partial charge < -0.3 is 5.73 Å². The van der Waals surface area contributed by atoms with E-state index in [1.807, 2.05) is 23.9 Å². The highest BCUT2D eigenvalue weighted by molar-refractivity contribution is 5.82. The molecule has 0 aliphatic heterocycles. The monoisotopic (exact) mass is 279 g/mol. The van der Waals surface area contributed by atoms with Crippen molar-refractivity contribution in [2.24, 2.45) is 12.8 Å². The number of para-hydroxylation sites is 1. The molecule has 0 radical (unpaired) electrons. The Morgan fingerprint density at radius 1 is 1.10 bits per heavy atom. The number of fused-ring (bicyclic) bond motifs is 1. The Kier molecular flexibility index (Phi) is 3.52. The largest absolute Gasteiger partial charge is 0.322 e. The van der Waals surface area contributed by atoms with Gasteiger partial charge in [0.2, 0.25) is 0 Å². The maximum atomic E-state index is 6.43. The van der Waals surface area contributed by atoms with Gasteiger partial charge in [0, 0.05) is 12.4 Å². The first kappa shape index (κ1) is 13.8. The molecule has 0 saturated carbocycles. The molecule has 0 saturated heterocycles. The van der Waals surface area contributed by atoms with Gasteiger partial charge in [0.15, 0.2) is 0 Å². The number of nitrogens with zero attached hydrogens (tertiary/aromatic N) is 2. The summed E-state index contributed by atoms with van der Waals surface area (Å²) in [6.45, 7) is 4.25. The predicted molar refractivity (Wildman–Crippen MR) is 87.3 cm³/mol. The fourth-order valence-electron chi connectivity index (χ4n) is 3.05. The summed E-state index contributed by atoms with van der Waals surface area (Å²) in [5, 5.41) is 5.77. The second kappa shape index (κ2) is 5.34. The van der Waals surface area contributed by atoms with E-state index in [2.05, 4.69) is 49.3 Å². The van der Waals surface area contributed by atoms with Crippen molar-refractivity contribution in [1.29, 1.82) is 0 Å². The number of benzene rings is 2. The van der Waals surface area contributed by atoms with Gasteiger partial charge >= 0.3 is 0 Å². The summed E-state index contributed by atoms with van der Waals surface area (Å²) in [4.78, 5) is 0. The topological polar surface area (TPSA) is 43.8 Å². The van der Waals surface area contributed by atoms with Crippen LogP contribution in [0.1, 0.15) is 28.4 Å². The van der Waals surface area contributed by atoms with Gasteiger partial charge in [-0.15, -0.1) is 0 Å². The number of aromatic nitrogens is 2. The van der Waals surface area contributed by atoms with Crippen LogP contribution in [0.25, 0.3) is 10.9 Å². The SMILES string of the molecule is Cc1cc(C)cc(CC(N)c2nn(C)c3ccccc23)c1. The zero-order valence-corrected chi connectivity index (χ0v) is 12.8. The normalized spacial score (nSPS) is 12.8. The van der Waals surface area contributed by atoms with E-state index in [0.29, 0.717) is 0 Å². The smallest absolute Gasteiger partial charge is 0.0873 e. The lowest BCUT2D eigenvalue weighted by Gasteiger charge is -2.11. The van der Waals surface area contributed by atoms with Gasteiger partial charge in [-0.25, -0.2) is 0 Å². The quantitative estimate of drug-likeness (QED) is 0.798. The summed E-state index contributed by atoms with van der Waals surface area (Å²) < 4.78 is 1.91. The third-order valence-corrected chi connectivity index (χ3v) is 3.87. The summed E-state index contributed by atoms with van der Waals surface area (Å²) in [5.74, 6) is 0. The van der Waals surface area contributed by atoms with Crippen LogP contribution in [-0.2, 0) is 13.5 Å². The molecular weight excluding hydrogens is 258 g/mol. The van der Waals surface area contributed by atoms with Gasteiger partial charge in [-0.1, -0.05) is 47.5 Å². The molecule has 2 aromatic carbocycles. The van der Waals surface area contributed by atoms with E-state index < -0.39 is 0 Å². The maximum Gasteiger partial charge on any atom is 0.0873 e. The van der Waals surface area contributed by atoms with Crippen LogP contribution in [0, 0.1) is 13.8 Å². The summed E-state index contributed by atoms with van der Waals surface area (Å²) in [6.07, 6.45) is 0.809. The van der Waals surface area contributed by atoms with Crippen LogP contribution < -0.4 is 5.73 Å². The number of hydrogen-bond acceptors (Lipinski definition) is 2. The highest BCUT2D eigenvalue weighted by Gasteiger charge is 2.15. The molecule has 3 rings (SSSR count). The summed E-state index contributed by atoms with van der Waals surface area (Å²) in [6, 6.07) is 14.8. The molecule has 3 nitrogen and oxygen atoms in total. The minimum atomic E-state index is -0.0858. The molecule has 2 N–H and O–H groups in total. The average molecular weight is 279 g/mol. The summed E-state index contributed by atoms with van der Waals surface area (Å²) >= 11 is 0. The molecule has 0 bridgehead atoms. The van der Waals surface area contributed by atoms with Crippen LogP contribution in [0.15, 0.2) is 42.5 Å². The molecule has 21 heavy (non-hydrogen) atoms. The lowest BCUT2D eigenvalue weighted by atomic mass is 9.98. The minimum Gasteiger partial charge on any atom is -0.322 e. The van der Waals surface area contributed by atoms with Crippen molar-refractivity contribution in [3.8, 4) is 0 Å². The third kappa shape index (κ3) is 2.69. The van der Waals surface area contributed by atoms with Crippen molar-refractivity contribution < 1.29 is 0 Å². The molecule has 0 amide bonds. The van der Waals surface area contributed by atoms with Crippen LogP contribution in [0.5, 0.6) is 0 Å². The average Bonchev–Trinajstić information content (AvgIpc) is 2.76. The zero-order valence-electron chi connectivity index (χ0n) is 12.8. The van der Waals surface area contributed by atoms with Crippen LogP contribution in [0.4, 0.5) is 0 Å². The van der Waals surface area contributed by atoms with E-state index in [1.165, 1.54) is 16.7 Å². The fourth-order valence-corrected chi connectivity index (χ4v) is 3.05. The summed E-state index contributed by atoms with van der Waals surface area (Å²) in [5.41, 5.74) is 12.4. The first-order chi connectivity index (χ1) is 10.0. The van der Waals surface area contributed by atoms with Crippen LogP contribution in [0.2, 0.25) is 0 Å².